The summed E-state index contributed by atoms with van der Waals surface area (Å²) in [7, 11) is 2.99. The Morgan fingerprint density at radius 1 is 1.02 bits per heavy atom. The molecule has 11 nitrogen and oxygen atoms in total. The van der Waals surface area contributed by atoms with Crippen LogP contribution in [0.2, 0.25) is 5.02 Å². The third-order valence-corrected chi connectivity index (χ3v) is 7.59. The number of anilines is 1. The van der Waals surface area contributed by atoms with Crippen LogP contribution in [0, 0.1) is 5.82 Å². The third kappa shape index (κ3) is 5.78. The summed E-state index contributed by atoms with van der Waals surface area (Å²) in [5.41, 5.74) is 4.68. The molecule has 1 aromatic carbocycles. The molecule has 3 aromatic heterocycles. The zero-order valence-electron chi connectivity index (χ0n) is 23.2. The molecule has 0 fully saturated rings. The number of nitrogens with zero attached hydrogens (tertiary/aromatic N) is 7. The SMILES string of the molecule is COCCn1c(CN2CC3=C(C2)CN(c2ccnc(OCc4ccc(Cl)cc4F)n2)C3)nc2ccc(C(=O)OC)nc21. The fourth-order valence-electron chi connectivity index (χ4n) is 5.30. The maximum Gasteiger partial charge on any atom is 0.356 e. The predicted molar refractivity (Wildman–Crippen MR) is 153 cm³/mol. The number of carbonyl (C=O) groups is 1. The van der Waals surface area contributed by atoms with E-state index in [0.717, 1.165) is 43.3 Å². The van der Waals surface area contributed by atoms with Crippen LogP contribution in [-0.4, -0.2) is 82.4 Å². The molecule has 0 bridgehead atoms. The first kappa shape index (κ1) is 28.0. The van der Waals surface area contributed by atoms with Crippen LogP contribution >= 0.6 is 11.6 Å². The summed E-state index contributed by atoms with van der Waals surface area (Å²) in [6, 6.07) is 9.93. The van der Waals surface area contributed by atoms with Crippen LogP contribution in [0.15, 0.2) is 53.7 Å². The smallest absolute Gasteiger partial charge is 0.356 e. The largest absolute Gasteiger partial charge is 0.464 e. The van der Waals surface area contributed by atoms with Crippen molar-refractivity contribution in [1.82, 2.24) is 29.4 Å². The van der Waals surface area contributed by atoms with Gasteiger partial charge in [-0.2, -0.15) is 4.98 Å². The number of halogens is 2. The topological polar surface area (TPSA) is 108 Å². The van der Waals surface area contributed by atoms with Crippen molar-refractivity contribution in [3.05, 3.63) is 81.7 Å². The van der Waals surface area contributed by atoms with Gasteiger partial charge in [-0.3, -0.25) is 4.90 Å². The fraction of sp³-hybridized carbons (Fsp3) is 0.345. The molecule has 218 valence electrons. The second-order valence-electron chi connectivity index (χ2n) is 10.1. The van der Waals surface area contributed by atoms with Crippen LogP contribution in [0.4, 0.5) is 10.2 Å². The van der Waals surface area contributed by atoms with Gasteiger partial charge in [0.25, 0.3) is 0 Å². The molecule has 42 heavy (non-hydrogen) atoms. The lowest BCUT2D eigenvalue weighted by Crippen LogP contribution is -2.31. The first-order valence-electron chi connectivity index (χ1n) is 13.4. The maximum absolute atomic E-state index is 14.1. The van der Waals surface area contributed by atoms with Gasteiger partial charge in [0.2, 0.25) is 0 Å². The normalized spacial score (nSPS) is 15.1. The predicted octanol–water partition coefficient (Wildman–Crippen LogP) is 3.66. The number of fused-ring (bicyclic) bond motifs is 1. The molecular formula is C29H29ClFN7O4. The highest BCUT2D eigenvalue weighted by Gasteiger charge is 2.31. The van der Waals surface area contributed by atoms with Gasteiger partial charge < -0.3 is 23.7 Å². The molecule has 4 aromatic rings. The molecule has 0 saturated heterocycles. The van der Waals surface area contributed by atoms with Crippen molar-refractivity contribution in [1.29, 1.82) is 0 Å². The minimum atomic E-state index is -0.486. The number of esters is 1. The first-order chi connectivity index (χ1) is 20.4. The first-order valence-corrected chi connectivity index (χ1v) is 13.8. The van der Waals surface area contributed by atoms with E-state index in [-0.39, 0.29) is 18.3 Å². The lowest BCUT2D eigenvalue weighted by molar-refractivity contribution is 0.0594. The number of imidazole rings is 1. The van der Waals surface area contributed by atoms with Crippen molar-refractivity contribution in [3.63, 3.8) is 0 Å². The van der Waals surface area contributed by atoms with E-state index in [2.05, 4.69) is 24.8 Å². The molecule has 0 atom stereocenters. The van der Waals surface area contributed by atoms with E-state index in [1.165, 1.54) is 24.3 Å². The monoisotopic (exact) mass is 593 g/mol. The number of benzene rings is 1. The summed E-state index contributed by atoms with van der Waals surface area (Å²) in [6.45, 7) is 4.81. The average Bonchev–Trinajstić information content (AvgIpc) is 3.66. The van der Waals surface area contributed by atoms with Crippen molar-refractivity contribution in [3.8, 4) is 6.01 Å². The number of aromatic nitrogens is 5. The Hall–Kier alpha value is -4.13. The number of pyridine rings is 1. The highest BCUT2D eigenvalue weighted by atomic mass is 35.5. The van der Waals surface area contributed by atoms with Crippen molar-refractivity contribution < 1.29 is 23.4 Å². The second-order valence-corrected chi connectivity index (χ2v) is 10.6. The molecule has 0 saturated carbocycles. The van der Waals surface area contributed by atoms with E-state index in [0.29, 0.717) is 35.9 Å². The van der Waals surface area contributed by atoms with Crippen LogP contribution in [-0.2, 0) is 29.2 Å². The molecule has 2 aliphatic rings. The molecule has 0 amide bonds. The lowest BCUT2D eigenvalue weighted by Gasteiger charge is -2.23. The highest BCUT2D eigenvalue weighted by Crippen LogP contribution is 2.30. The van der Waals surface area contributed by atoms with Gasteiger partial charge in [0, 0.05) is 56.6 Å². The molecule has 13 heteroatoms. The van der Waals surface area contributed by atoms with Crippen LogP contribution in [0.5, 0.6) is 6.01 Å². The second kappa shape index (κ2) is 12.0. The minimum Gasteiger partial charge on any atom is -0.464 e. The Kier molecular flexibility index (Phi) is 8.00. The van der Waals surface area contributed by atoms with Crippen LogP contribution in [0.3, 0.4) is 0 Å². The van der Waals surface area contributed by atoms with Crippen LogP contribution < -0.4 is 9.64 Å². The van der Waals surface area contributed by atoms with E-state index in [1.807, 2.05) is 10.6 Å². The summed E-state index contributed by atoms with van der Waals surface area (Å²) < 4.78 is 32.0. The van der Waals surface area contributed by atoms with Crippen LogP contribution in [0.25, 0.3) is 11.2 Å². The highest BCUT2D eigenvalue weighted by molar-refractivity contribution is 6.30. The Morgan fingerprint density at radius 2 is 1.83 bits per heavy atom. The van der Waals surface area contributed by atoms with E-state index in [1.54, 1.807) is 37.6 Å². The van der Waals surface area contributed by atoms with Gasteiger partial charge in [-0.05, 0) is 41.5 Å². The van der Waals surface area contributed by atoms with Gasteiger partial charge in [-0.25, -0.2) is 24.1 Å². The minimum absolute atomic E-state index is 0.00480. The standard InChI is InChI=1S/C29H29ClFN7O4/c1-40-10-9-38-26(33-23-5-6-24(28(39)41-2)34-27(23)38)16-36-12-19-14-37(15-20(19)13-36)25-7-8-32-29(35-25)42-17-18-3-4-21(30)11-22(18)31/h3-8,11H,9-10,12-17H2,1-2H3. The Labute approximate surface area is 246 Å². The number of ether oxygens (including phenoxy) is 3. The molecule has 5 heterocycles. The number of methoxy groups -OCH3 is 2. The summed E-state index contributed by atoms with van der Waals surface area (Å²) in [4.78, 5) is 34.7. The molecule has 6 rings (SSSR count). The number of carbonyl (C=O) groups excluding carboxylic acids is 1. The lowest BCUT2D eigenvalue weighted by atomic mass is 10.2. The van der Waals surface area contributed by atoms with Gasteiger partial charge in [-0.1, -0.05) is 17.7 Å². The summed E-state index contributed by atoms with van der Waals surface area (Å²) >= 11 is 5.84. The maximum atomic E-state index is 14.1. The van der Waals surface area contributed by atoms with Crippen molar-refractivity contribution in [2.24, 2.45) is 0 Å². The molecule has 0 N–H and O–H groups in total. The quantitative estimate of drug-likeness (QED) is 0.200. The van der Waals surface area contributed by atoms with Crippen LogP contribution in [0.1, 0.15) is 21.9 Å². The number of hydrogen-bond donors (Lipinski definition) is 0. The third-order valence-electron chi connectivity index (χ3n) is 7.36. The Balaban J connectivity index is 1.10. The summed E-state index contributed by atoms with van der Waals surface area (Å²) in [5, 5.41) is 0.332. The Morgan fingerprint density at radius 3 is 2.57 bits per heavy atom. The van der Waals surface area contributed by atoms with E-state index in [4.69, 9.17) is 30.8 Å². The molecule has 0 spiro atoms. The van der Waals surface area contributed by atoms with Gasteiger partial charge in [0.1, 0.15) is 29.6 Å². The van der Waals surface area contributed by atoms with E-state index in [9.17, 15) is 9.18 Å². The summed E-state index contributed by atoms with van der Waals surface area (Å²) in [5.74, 6) is 0.705. The van der Waals surface area contributed by atoms with E-state index < -0.39 is 11.8 Å². The zero-order chi connectivity index (χ0) is 29.2. The van der Waals surface area contributed by atoms with E-state index >= 15 is 0 Å². The number of hydrogen-bond acceptors (Lipinski definition) is 10. The van der Waals surface area contributed by atoms with Crippen molar-refractivity contribution >= 4 is 34.6 Å². The fourth-order valence-corrected chi connectivity index (χ4v) is 5.46. The molecule has 0 aliphatic carbocycles. The van der Waals surface area contributed by atoms with Gasteiger partial charge >= 0.3 is 12.0 Å². The van der Waals surface area contributed by atoms with Gasteiger partial charge in [-0.15, -0.1) is 0 Å². The molecule has 0 radical (unpaired) electrons. The zero-order valence-corrected chi connectivity index (χ0v) is 24.0. The number of rotatable bonds is 10. The van der Waals surface area contributed by atoms with Gasteiger partial charge in [0.15, 0.2) is 11.3 Å². The van der Waals surface area contributed by atoms with Crippen molar-refractivity contribution in [2.75, 3.05) is 51.9 Å². The molecule has 2 aliphatic heterocycles. The molecular weight excluding hydrogens is 565 g/mol. The summed E-state index contributed by atoms with van der Waals surface area (Å²) in [6.07, 6.45) is 1.65. The Bertz CT molecular complexity index is 1660. The van der Waals surface area contributed by atoms with Gasteiger partial charge in [0.05, 0.1) is 20.3 Å². The molecule has 0 unspecified atom stereocenters. The van der Waals surface area contributed by atoms with Crippen molar-refractivity contribution in [2.45, 2.75) is 19.7 Å². The average molecular weight is 594 g/mol.